The van der Waals surface area contributed by atoms with E-state index in [4.69, 9.17) is 0 Å². The Kier molecular flexibility index (Phi) is 2.00. The molecule has 12 heavy (non-hydrogen) atoms. The SMILES string of the molecule is C=C1SC(=NC)N2CCCCN12. The van der Waals surface area contributed by atoms with Crippen LogP contribution >= 0.6 is 11.8 Å². The number of rotatable bonds is 0. The minimum absolute atomic E-state index is 1.10. The van der Waals surface area contributed by atoms with E-state index in [1.54, 1.807) is 11.8 Å². The van der Waals surface area contributed by atoms with E-state index >= 15 is 0 Å². The van der Waals surface area contributed by atoms with Crippen molar-refractivity contribution in [2.75, 3.05) is 20.1 Å². The number of amidine groups is 1. The summed E-state index contributed by atoms with van der Waals surface area (Å²) in [7, 11) is 1.84. The highest BCUT2D eigenvalue weighted by Crippen LogP contribution is 2.34. The third kappa shape index (κ3) is 1.10. The molecular formula is C8H13N3S. The predicted molar refractivity (Wildman–Crippen MR) is 52.7 cm³/mol. The molecule has 0 amide bonds. The normalized spacial score (nSPS) is 26.8. The smallest absolute Gasteiger partial charge is 0.184 e. The van der Waals surface area contributed by atoms with Gasteiger partial charge < -0.3 is 0 Å². The van der Waals surface area contributed by atoms with Crippen molar-refractivity contribution in [3.63, 3.8) is 0 Å². The van der Waals surface area contributed by atoms with Gasteiger partial charge in [0.05, 0.1) is 5.03 Å². The molecule has 2 aliphatic heterocycles. The highest BCUT2D eigenvalue weighted by Gasteiger charge is 2.31. The first-order chi connectivity index (χ1) is 5.83. The molecule has 2 saturated heterocycles. The molecule has 0 aromatic heterocycles. The molecular weight excluding hydrogens is 170 g/mol. The summed E-state index contributed by atoms with van der Waals surface area (Å²) in [5.41, 5.74) is 0. The fraction of sp³-hybridized carbons (Fsp3) is 0.625. The zero-order valence-corrected chi connectivity index (χ0v) is 8.10. The highest BCUT2D eigenvalue weighted by molar-refractivity contribution is 8.17. The summed E-state index contributed by atoms with van der Waals surface area (Å²) < 4.78 is 0. The van der Waals surface area contributed by atoms with Crippen molar-refractivity contribution >= 4 is 16.9 Å². The Labute approximate surface area is 77.1 Å². The maximum atomic E-state index is 4.23. The van der Waals surface area contributed by atoms with E-state index < -0.39 is 0 Å². The van der Waals surface area contributed by atoms with Crippen molar-refractivity contribution < 1.29 is 0 Å². The maximum Gasteiger partial charge on any atom is 0.184 e. The number of nitrogens with zero attached hydrogens (tertiary/aromatic N) is 3. The fourth-order valence-corrected chi connectivity index (χ4v) is 2.49. The van der Waals surface area contributed by atoms with E-state index in [0.717, 1.165) is 23.3 Å². The van der Waals surface area contributed by atoms with Crippen molar-refractivity contribution in [3.8, 4) is 0 Å². The summed E-state index contributed by atoms with van der Waals surface area (Å²) in [6, 6.07) is 0. The molecule has 0 unspecified atom stereocenters. The molecule has 0 N–H and O–H groups in total. The average Bonchev–Trinajstić information content (AvgIpc) is 2.44. The van der Waals surface area contributed by atoms with Crippen LogP contribution in [0.4, 0.5) is 0 Å². The van der Waals surface area contributed by atoms with Gasteiger partial charge in [-0.2, -0.15) is 0 Å². The third-order valence-electron chi connectivity index (χ3n) is 2.19. The van der Waals surface area contributed by atoms with Gasteiger partial charge in [0.2, 0.25) is 0 Å². The average molecular weight is 183 g/mol. The van der Waals surface area contributed by atoms with Crippen LogP contribution in [0.25, 0.3) is 0 Å². The first-order valence-electron chi connectivity index (χ1n) is 4.21. The molecule has 2 heterocycles. The maximum absolute atomic E-state index is 4.23. The van der Waals surface area contributed by atoms with Gasteiger partial charge in [-0.05, 0) is 24.6 Å². The molecule has 0 spiro atoms. The Morgan fingerprint density at radius 3 is 2.67 bits per heavy atom. The fourth-order valence-electron chi connectivity index (χ4n) is 1.59. The molecule has 0 bridgehead atoms. The van der Waals surface area contributed by atoms with Gasteiger partial charge >= 0.3 is 0 Å². The van der Waals surface area contributed by atoms with Gasteiger partial charge in [-0.1, -0.05) is 6.58 Å². The number of hydrogen-bond acceptors (Lipinski definition) is 3. The molecule has 4 heteroatoms. The van der Waals surface area contributed by atoms with E-state index in [2.05, 4.69) is 21.6 Å². The molecule has 2 fully saturated rings. The largest absolute Gasteiger partial charge is 0.277 e. The predicted octanol–water partition coefficient (Wildman–Crippen LogP) is 1.50. The first-order valence-corrected chi connectivity index (χ1v) is 5.03. The van der Waals surface area contributed by atoms with Crippen molar-refractivity contribution in [2.45, 2.75) is 12.8 Å². The molecule has 2 aliphatic rings. The van der Waals surface area contributed by atoms with Gasteiger partial charge in [-0.25, -0.2) is 0 Å². The van der Waals surface area contributed by atoms with Gasteiger partial charge in [0.25, 0.3) is 0 Å². The number of hydrazine groups is 1. The molecule has 0 saturated carbocycles. The van der Waals surface area contributed by atoms with Crippen LogP contribution in [0, 0.1) is 0 Å². The van der Waals surface area contributed by atoms with Gasteiger partial charge in [-0.15, -0.1) is 0 Å². The lowest BCUT2D eigenvalue weighted by Gasteiger charge is -2.34. The zero-order chi connectivity index (χ0) is 8.55. The molecule has 3 nitrogen and oxygen atoms in total. The van der Waals surface area contributed by atoms with Crippen LogP contribution in [0.3, 0.4) is 0 Å². The van der Waals surface area contributed by atoms with Gasteiger partial charge in [0.15, 0.2) is 5.17 Å². The van der Waals surface area contributed by atoms with Crippen LogP contribution in [0.5, 0.6) is 0 Å². The van der Waals surface area contributed by atoms with Crippen molar-refractivity contribution in [1.82, 2.24) is 10.0 Å². The van der Waals surface area contributed by atoms with E-state index in [0.29, 0.717) is 0 Å². The van der Waals surface area contributed by atoms with E-state index in [-0.39, 0.29) is 0 Å². The van der Waals surface area contributed by atoms with Crippen molar-refractivity contribution in [3.05, 3.63) is 11.6 Å². The molecule has 0 radical (unpaired) electrons. The van der Waals surface area contributed by atoms with Crippen LogP contribution in [-0.2, 0) is 0 Å². The Hall–Kier alpha value is -0.640. The number of hydrogen-bond donors (Lipinski definition) is 0. The summed E-state index contributed by atoms with van der Waals surface area (Å²) >= 11 is 1.68. The minimum Gasteiger partial charge on any atom is -0.277 e. The summed E-state index contributed by atoms with van der Waals surface area (Å²) in [5, 5.41) is 6.68. The second-order valence-corrected chi connectivity index (χ2v) is 4.00. The quantitative estimate of drug-likeness (QED) is 0.567. The Bertz CT molecular complexity index is 236. The summed E-state index contributed by atoms with van der Waals surface area (Å²) in [6.45, 7) is 6.20. The number of aliphatic imine (C=N–C) groups is 1. The Balaban J connectivity index is 2.22. The van der Waals surface area contributed by atoms with Crippen LogP contribution in [0.2, 0.25) is 0 Å². The lowest BCUT2D eigenvalue weighted by molar-refractivity contribution is 0.0747. The second-order valence-electron chi connectivity index (χ2n) is 2.96. The number of thioether (sulfide) groups is 1. The summed E-state index contributed by atoms with van der Waals surface area (Å²) in [4.78, 5) is 4.23. The number of fused-ring (bicyclic) bond motifs is 1. The van der Waals surface area contributed by atoms with Crippen LogP contribution in [0.15, 0.2) is 16.6 Å². The van der Waals surface area contributed by atoms with E-state index in [1.165, 1.54) is 12.8 Å². The summed E-state index contributed by atoms with van der Waals surface area (Å²) in [5.74, 6) is 0. The highest BCUT2D eigenvalue weighted by atomic mass is 32.2. The third-order valence-corrected chi connectivity index (χ3v) is 3.21. The van der Waals surface area contributed by atoms with Crippen molar-refractivity contribution in [1.29, 1.82) is 0 Å². The zero-order valence-electron chi connectivity index (χ0n) is 7.29. The van der Waals surface area contributed by atoms with Crippen LogP contribution < -0.4 is 0 Å². The summed E-state index contributed by atoms with van der Waals surface area (Å²) in [6.07, 6.45) is 2.54. The molecule has 2 rings (SSSR count). The molecule has 0 aromatic rings. The first kappa shape index (κ1) is 7.98. The molecule has 0 aliphatic carbocycles. The lowest BCUT2D eigenvalue weighted by Crippen LogP contribution is -2.42. The van der Waals surface area contributed by atoms with Gasteiger partial charge in [0.1, 0.15) is 0 Å². The van der Waals surface area contributed by atoms with Gasteiger partial charge in [-0.3, -0.25) is 15.0 Å². The Morgan fingerprint density at radius 1 is 1.33 bits per heavy atom. The van der Waals surface area contributed by atoms with E-state index in [9.17, 15) is 0 Å². The Morgan fingerprint density at radius 2 is 2.00 bits per heavy atom. The lowest BCUT2D eigenvalue weighted by atomic mass is 10.2. The molecule has 0 aromatic carbocycles. The van der Waals surface area contributed by atoms with E-state index in [1.807, 2.05) is 7.05 Å². The van der Waals surface area contributed by atoms with Crippen molar-refractivity contribution in [2.24, 2.45) is 4.99 Å². The van der Waals surface area contributed by atoms with Crippen LogP contribution in [0.1, 0.15) is 12.8 Å². The standard InChI is InChI=1S/C8H13N3S/c1-7-10-5-3-4-6-11(10)8(9-2)12-7/h1,3-6H2,2H3. The molecule has 66 valence electrons. The second kappa shape index (κ2) is 3.01. The van der Waals surface area contributed by atoms with Gasteiger partial charge in [0, 0.05) is 20.1 Å². The monoisotopic (exact) mass is 183 g/mol. The minimum atomic E-state index is 1.10. The van der Waals surface area contributed by atoms with Crippen LogP contribution in [-0.4, -0.2) is 35.3 Å². The molecule has 0 atom stereocenters. The topological polar surface area (TPSA) is 18.8 Å².